The minimum Gasteiger partial charge on any atom is -0.493 e. The summed E-state index contributed by atoms with van der Waals surface area (Å²) >= 11 is 0. The maximum Gasteiger partial charge on any atom is 0.411 e. The Bertz CT molecular complexity index is 1610. The van der Waals surface area contributed by atoms with Gasteiger partial charge in [-0.1, -0.05) is 60.7 Å². The number of anilines is 2. The molecule has 1 atom stereocenters. The standard InChI is InChI=1S/C32H33N5O5.C2H4O2/c1-40-27-17-25(26(37-32(39)41-2)18-28(27)42-20-22-11-7-4-8-12-22)29(31(38)35-19-21-9-5-3-6-10-21)36-24-15-13-23(14-16-24)30(33)34;1-2(3)4/h3-18,29,36H,19-20H2,1-2H3,(H3,33,34)(H,35,38)(H,37,39);1H3,(H,3,4). The first-order valence-corrected chi connectivity index (χ1v) is 14.1. The Morgan fingerprint density at radius 2 is 1.46 bits per heavy atom. The third-order valence-corrected chi connectivity index (χ3v) is 6.38. The van der Waals surface area contributed by atoms with Crippen LogP contribution in [0.15, 0.2) is 97.1 Å². The number of carboxylic acids is 1. The summed E-state index contributed by atoms with van der Waals surface area (Å²) < 4.78 is 16.6. The van der Waals surface area contributed by atoms with Crippen LogP contribution in [-0.2, 0) is 27.5 Å². The van der Waals surface area contributed by atoms with Gasteiger partial charge in [0.15, 0.2) is 11.5 Å². The van der Waals surface area contributed by atoms with Gasteiger partial charge in [-0.3, -0.25) is 20.3 Å². The molecule has 0 aromatic heterocycles. The zero-order valence-corrected chi connectivity index (χ0v) is 25.7. The first-order valence-electron chi connectivity index (χ1n) is 14.1. The zero-order chi connectivity index (χ0) is 33.5. The molecule has 4 rings (SSSR count). The van der Waals surface area contributed by atoms with Crippen molar-refractivity contribution in [1.82, 2.24) is 5.32 Å². The molecule has 0 bridgehead atoms. The molecule has 0 aliphatic carbocycles. The first kappa shape index (κ1) is 34.5. The van der Waals surface area contributed by atoms with E-state index in [2.05, 4.69) is 16.0 Å². The molecule has 0 saturated heterocycles. The van der Waals surface area contributed by atoms with E-state index in [1.165, 1.54) is 14.2 Å². The fourth-order valence-corrected chi connectivity index (χ4v) is 4.18. The molecule has 0 aliphatic rings. The Kier molecular flexibility index (Phi) is 13.0. The Balaban J connectivity index is 0.00000136. The number of carbonyl (C=O) groups excluding carboxylic acids is 2. The fourth-order valence-electron chi connectivity index (χ4n) is 4.18. The summed E-state index contributed by atoms with van der Waals surface area (Å²) in [6.45, 7) is 1.63. The van der Waals surface area contributed by atoms with Crippen LogP contribution in [0.2, 0.25) is 0 Å². The molecule has 12 nitrogen and oxygen atoms in total. The predicted octanol–water partition coefficient (Wildman–Crippen LogP) is 5.30. The van der Waals surface area contributed by atoms with Crippen LogP contribution in [0, 0.1) is 5.41 Å². The van der Waals surface area contributed by atoms with E-state index in [0.717, 1.165) is 18.1 Å². The Morgan fingerprint density at radius 3 is 2.00 bits per heavy atom. The van der Waals surface area contributed by atoms with Crippen LogP contribution in [0.1, 0.15) is 35.2 Å². The zero-order valence-electron chi connectivity index (χ0n) is 25.7. The molecule has 0 saturated carbocycles. The predicted molar refractivity (Wildman–Crippen MR) is 175 cm³/mol. The van der Waals surface area contributed by atoms with Crippen molar-refractivity contribution in [1.29, 1.82) is 5.41 Å². The van der Waals surface area contributed by atoms with Gasteiger partial charge in [0.25, 0.3) is 5.97 Å². The number of nitrogens with two attached hydrogens (primary N) is 1. The van der Waals surface area contributed by atoms with Crippen molar-refractivity contribution < 1.29 is 33.7 Å². The number of hydrogen-bond donors (Lipinski definition) is 6. The largest absolute Gasteiger partial charge is 0.493 e. The van der Waals surface area contributed by atoms with E-state index in [1.54, 1.807) is 36.4 Å². The average molecular weight is 628 g/mol. The van der Waals surface area contributed by atoms with Gasteiger partial charge in [-0.2, -0.15) is 0 Å². The van der Waals surface area contributed by atoms with Crippen molar-refractivity contribution in [2.45, 2.75) is 26.1 Å². The molecule has 240 valence electrons. The number of amides is 2. The van der Waals surface area contributed by atoms with Crippen molar-refractivity contribution in [2.75, 3.05) is 24.9 Å². The molecule has 0 aliphatic heterocycles. The maximum absolute atomic E-state index is 13.8. The number of nitrogens with one attached hydrogen (secondary N) is 4. The lowest BCUT2D eigenvalue weighted by Gasteiger charge is -2.24. The van der Waals surface area contributed by atoms with Gasteiger partial charge in [0.2, 0.25) is 5.91 Å². The van der Waals surface area contributed by atoms with Crippen molar-refractivity contribution in [2.24, 2.45) is 5.73 Å². The van der Waals surface area contributed by atoms with Crippen LogP contribution in [-0.4, -0.2) is 43.1 Å². The third-order valence-electron chi connectivity index (χ3n) is 6.38. The number of nitrogen functional groups attached to an aromatic ring is 1. The van der Waals surface area contributed by atoms with Gasteiger partial charge < -0.3 is 35.7 Å². The number of carboxylic acid groups (broad SMARTS) is 1. The van der Waals surface area contributed by atoms with Crippen LogP contribution in [0.5, 0.6) is 11.5 Å². The van der Waals surface area contributed by atoms with Gasteiger partial charge in [-0.05, 0) is 41.5 Å². The molecular weight excluding hydrogens is 590 g/mol. The topological polar surface area (TPSA) is 185 Å². The number of benzene rings is 4. The number of rotatable bonds is 12. The Morgan fingerprint density at radius 1 is 0.870 bits per heavy atom. The molecule has 4 aromatic rings. The summed E-state index contributed by atoms with van der Waals surface area (Å²) in [6.07, 6.45) is -0.718. The molecule has 12 heteroatoms. The van der Waals surface area contributed by atoms with Crippen molar-refractivity contribution in [3.05, 3.63) is 119 Å². The summed E-state index contributed by atoms with van der Waals surface area (Å²) in [5.41, 5.74) is 9.30. The van der Waals surface area contributed by atoms with Gasteiger partial charge in [-0.25, -0.2) is 4.79 Å². The summed E-state index contributed by atoms with van der Waals surface area (Å²) in [5, 5.41) is 24.0. The fraction of sp³-hybridized carbons (Fsp3) is 0.176. The van der Waals surface area contributed by atoms with Gasteiger partial charge in [0, 0.05) is 36.3 Å². The number of ether oxygens (including phenoxy) is 3. The van der Waals surface area contributed by atoms with Gasteiger partial charge in [-0.15, -0.1) is 0 Å². The molecule has 4 aromatic carbocycles. The van der Waals surface area contributed by atoms with Crippen LogP contribution in [0.4, 0.5) is 16.2 Å². The number of amidine groups is 1. The van der Waals surface area contributed by atoms with Gasteiger partial charge in [0.05, 0.1) is 19.9 Å². The highest BCUT2D eigenvalue weighted by atomic mass is 16.5. The molecule has 0 spiro atoms. The van der Waals surface area contributed by atoms with Gasteiger partial charge in [0.1, 0.15) is 18.5 Å². The van der Waals surface area contributed by atoms with E-state index in [-0.39, 0.29) is 24.9 Å². The summed E-state index contributed by atoms with van der Waals surface area (Å²) in [4.78, 5) is 35.1. The lowest BCUT2D eigenvalue weighted by molar-refractivity contribution is -0.134. The monoisotopic (exact) mass is 627 g/mol. The summed E-state index contributed by atoms with van der Waals surface area (Å²) in [7, 11) is 2.75. The quantitative estimate of drug-likeness (QED) is 0.0896. The van der Waals surface area contributed by atoms with E-state index in [1.807, 2.05) is 60.7 Å². The normalized spacial score (nSPS) is 10.7. The number of methoxy groups -OCH3 is 2. The van der Waals surface area contributed by atoms with E-state index >= 15 is 0 Å². The highest BCUT2D eigenvalue weighted by Crippen LogP contribution is 2.38. The Hall–Kier alpha value is -6.04. The van der Waals surface area contributed by atoms with Crippen LogP contribution >= 0.6 is 0 Å². The highest BCUT2D eigenvalue weighted by Gasteiger charge is 2.27. The summed E-state index contributed by atoms with van der Waals surface area (Å²) in [5.74, 6) is -0.529. The molecule has 2 amide bonds. The summed E-state index contributed by atoms with van der Waals surface area (Å²) in [6, 6.07) is 28.2. The second-order valence-electron chi connectivity index (χ2n) is 9.77. The third kappa shape index (κ3) is 10.6. The molecule has 0 heterocycles. The van der Waals surface area contributed by atoms with E-state index in [0.29, 0.717) is 34.0 Å². The van der Waals surface area contributed by atoms with E-state index < -0.39 is 18.1 Å². The molecule has 46 heavy (non-hydrogen) atoms. The highest BCUT2D eigenvalue weighted by molar-refractivity contribution is 5.95. The second kappa shape index (κ2) is 17.3. The van der Waals surface area contributed by atoms with Gasteiger partial charge >= 0.3 is 6.09 Å². The van der Waals surface area contributed by atoms with E-state index in [9.17, 15) is 9.59 Å². The average Bonchev–Trinajstić information content (AvgIpc) is 3.06. The number of carbonyl (C=O) groups is 3. The van der Waals surface area contributed by atoms with Crippen LogP contribution in [0.25, 0.3) is 0 Å². The molecule has 7 N–H and O–H groups in total. The SMILES string of the molecule is CC(=O)O.COC(=O)Nc1cc(OCc2ccccc2)c(OC)cc1C(Nc1ccc(C(=N)N)cc1)C(=O)NCc1ccccc1. The van der Waals surface area contributed by atoms with E-state index in [4.69, 9.17) is 35.3 Å². The molecule has 0 radical (unpaired) electrons. The molecular formula is C34H37N5O7. The number of hydrogen-bond acceptors (Lipinski definition) is 8. The molecule has 1 unspecified atom stereocenters. The van der Waals surface area contributed by atoms with Crippen LogP contribution in [0.3, 0.4) is 0 Å². The lowest BCUT2D eigenvalue weighted by atomic mass is 10.0. The number of aliphatic carboxylic acids is 1. The van der Waals surface area contributed by atoms with Crippen molar-refractivity contribution in [3.63, 3.8) is 0 Å². The van der Waals surface area contributed by atoms with Crippen molar-refractivity contribution in [3.8, 4) is 11.5 Å². The maximum atomic E-state index is 13.8. The second-order valence-corrected chi connectivity index (χ2v) is 9.77. The molecule has 0 fully saturated rings. The Labute approximate surface area is 267 Å². The first-order chi connectivity index (χ1) is 22.1. The minimum absolute atomic E-state index is 0.0703. The minimum atomic E-state index is -0.985. The van der Waals surface area contributed by atoms with Crippen LogP contribution < -0.4 is 31.2 Å². The smallest absolute Gasteiger partial charge is 0.411 e. The van der Waals surface area contributed by atoms with Crippen molar-refractivity contribution >= 4 is 35.2 Å². The lowest BCUT2D eigenvalue weighted by Crippen LogP contribution is -2.34.